The molecule has 7 heteroatoms. The first-order valence-electron chi connectivity index (χ1n) is 12.1. The number of ether oxygens (including phenoxy) is 2. The van der Waals surface area contributed by atoms with Crippen molar-refractivity contribution in [2.45, 2.75) is 65.1 Å². The van der Waals surface area contributed by atoms with Crippen LogP contribution in [0.5, 0.6) is 5.75 Å². The summed E-state index contributed by atoms with van der Waals surface area (Å²) in [5, 5.41) is 17.6. The zero-order valence-corrected chi connectivity index (χ0v) is 20.6. The topological polar surface area (TPSA) is 96.9 Å². The lowest BCUT2D eigenvalue weighted by atomic mass is 9.51. The number of aliphatic hydroxyl groups is 1. The predicted octanol–water partition coefficient (Wildman–Crippen LogP) is 2.90. The summed E-state index contributed by atoms with van der Waals surface area (Å²) in [6, 6.07) is 7.64. The van der Waals surface area contributed by atoms with Crippen LogP contribution in [0.1, 0.15) is 52.0 Å². The molecule has 2 aliphatic rings. The van der Waals surface area contributed by atoms with Crippen molar-refractivity contribution in [2.24, 2.45) is 29.1 Å². The Balaban J connectivity index is 1.64. The highest BCUT2D eigenvalue weighted by Gasteiger charge is 2.53. The molecule has 184 valence electrons. The van der Waals surface area contributed by atoms with E-state index < -0.39 is 6.10 Å². The summed E-state index contributed by atoms with van der Waals surface area (Å²) >= 11 is 0. The Morgan fingerprint density at radius 3 is 2.48 bits per heavy atom. The summed E-state index contributed by atoms with van der Waals surface area (Å²) in [5.74, 6) is 0.392. The molecule has 0 unspecified atom stereocenters. The summed E-state index contributed by atoms with van der Waals surface area (Å²) < 4.78 is 10.1. The van der Waals surface area contributed by atoms with Crippen LogP contribution in [0.3, 0.4) is 0 Å². The van der Waals surface area contributed by atoms with Gasteiger partial charge in [-0.2, -0.15) is 0 Å². The molecule has 7 atom stereocenters. The third kappa shape index (κ3) is 5.69. The van der Waals surface area contributed by atoms with E-state index in [0.717, 1.165) is 37.0 Å². The van der Waals surface area contributed by atoms with Crippen molar-refractivity contribution in [3.8, 4) is 5.75 Å². The molecule has 0 spiro atoms. The second-order valence-corrected chi connectivity index (χ2v) is 10.2. The standard InChI is InChI=1S/C26H40N2O5/c1-16(25(31)27-14-18-6-8-19(33-5)9-7-18)20-10-12-26(3)13-11-21(28-22(29)15-32-4)17(2)23(26)24(20)30/h6-9,16-17,20-21,23-24,30H,10-15H2,1-5H3,(H,27,31)(H,28,29)/t16-,17+,20-,21-,23+,24-,26-/m0/s1. The van der Waals surface area contributed by atoms with Crippen LogP contribution < -0.4 is 15.4 Å². The maximum absolute atomic E-state index is 13.0. The molecule has 1 aromatic rings. The van der Waals surface area contributed by atoms with Gasteiger partial charge in [0.25, 0.3) is 0 Å². The van der Waals surface area contributed by atoms with Gasteiger partial charge >= 0.3 is 0 Å². The normalized spacial score (nSPS) is 32.4. The SMILES string of the molecule is COCC(=O)N[C@H]1CC[C@]2(C)CC[C@@H]([C@H](C)C(=O)NCc3ccc(OC)cc3)[C@H](O)[C@H]2[C@@H]1C. The highest BCUT2D eigenvalue weighted by atomic mass is 16.5. The largest absolute Gasteiger partial charge is 0.497 e. The molecule has 7 nitrogen and oxygen atoms in total. The molecule has 0 aromatic heterocycles. The molecule has 0 saturated heterocycles. The summed E-state index contributed by atoms with van der Waals surface area (Å²) in [7, 11) is 3.14. The quantitative estimate of drug-likeness (QED) is 0.554. The summed E-state index contributed by atoms with van der Waals surface area (Å²) in [6.07, 6.45) is 3.10. The third-order valence-corrected chi connectivity index (χ3v) is 8.19. The molecule has 0 heterocycles. The minimum Gasteiger partial charge on any atom is -0.497 e. The number of benzene rings is 1. The zero-order valence-electron chi connectivity index (χ0n) is 20.6. The van der Waals surface area contributed by atoms with Crippen LogP contribution in [-0.2, 0) is 20.9 Å². The van der Waals surface area contributed by atoms with Gasteiger partial charge in [-0.15, -0.1) is 0 Å². The van der Waals surface area contributed by atoms with Crippen molar-refractivity contribution in [1.29, 1.82) is 0 Å². The molecule has 3 rings (SSSR count). The van der Waals surface area contributed by atoms with Crippen LogP contribution >= 0.6 is 0 Å². The number of amides is 2. The van der Waals surface area contributed by atoms with Gasteiger partial charge < -0.3 is 25.2 Å². The second-order valence-electron chi connectivity index (χ2n) is 10.2. The number of carbonyl (C=O) groups is 2. The van der Waals surface area contributed by atoms with Gasteiger partial charge in [0.15, 0.2) is 0 Å². The molecular weight excluding hydrogens is 420 g/mol. The van der Waals surface area contributed by atoms with E-state index in [9.17, 15) is 14.7 Å². The summed E-state index contributed by atoms with van der Waals surface area (Å²) in [6.45, 7) is 6.79. The number of hydrogen-bond acceptors (Lipinski definition) is 5. The average molecular weight is 461 g/mol. The van der Waals surface area contributed by atoms with Crippen LogP contribution in [0, 0.1) is 29.1 Å². The molecule has 33 heavy (non-hydrogen) atoms. The number of rotatable bonds is 8. The Kier molecular flexibility index (Phi) is 8.40. The van der Waals surface area contributed by atoms with E-state index in [1.165, 1.54) is 7.11 Å². The van der Waals surface area contributed by atoms with Crippen LogP contribution in [0.15, 0.2) is 24.3 Å². The molecule has 2 fully saturated rings. The Hall–Kier alpha value is -2.12. The van der Waals surface area contributed by atoms with Crippen molar-refractivity contribution in [2.75, 3.05) is 20.8 Å². The molecule has 3 N–H and O–H groups in total. The van der Waals surface area contributed by atoms with E-state index >= 15 is 0 Å². The number of carbonyl (C=O) groups excluding carboxylic acids is 2. The summed E-state index contributed by atoms with van der Waals surface area (Å²) in [5.41, 5.74) is 1.03. The molecule has 2 aliphatic carbocycles. The monoisotopic (exact) mass is 460 g/mol. The Bertz CT molecular complexity index is 813. The van der Waals surface area contributed by atoms with E-state index in [-0.39, 0.29) is 53.5 Å². The first kappa shape index (κ1) is 25.5. The highest BCUT2D eigenvalue weighted by molar-refractivity contribution is 5.78. The van der Waals surface area contributed by atoms with Gasteiger partial charge in [-0.1, -0.05) is 32.9 Å². The van der Waals surface area contributed by atoms with Crippen LogP contribution in [0.4, 0.5) is 0 Å². The van der Waals surface area contributed by atoms with Crippen molar-refractivity contribution in [3.63, 3.8) is 0 Å². The Labute approximate surface area is 197 Å². The smallest absolute Gasteiger partial charge is 0.246 e. The second kappa shape index (κ2) is 10.9. The number of methoxy groups -OCH3 is 2. The Morgan fingerprint density at radius 2 is 1.85 bits per heavy atom. The number of nitrogens with one attached hydrogen (secondary N) is 2. The van der Waals surface area contributed by atoms with Crippen molar-refractivity contribution < 1.29 is 24.2 Å². The van der Waals surface area contributed by atoms with Gasteiger partial charge in [0.1, 0.15) is 12.4 Å². The van der Waals surface area contributed by atoms with E-state index in [4.69, 9.17) is 9.47 Å². The van der Waals surface area contributed by atoms with Crippen LogP contribution in [0.25, 0.3) is 0 Å². The number of aliphatic hydroxyl groups excluding tert-OH is 1. The number of fused-ring (bicyclic) bond motifs is 1. The maximum Gasteiger partial charge on any atom is 0.246 e. The molecule has 0 radical (unpaired) electrons. The lowest BCUT2D eigenvalue weighted by molar-refractivity contribution is -0.144. The first-order chi connectivity index (χ1) is 15.7. The fraction of sp³-hybridized carbons (Fsp3) is 0.692. The minimum atomic E-state index is -0.581. The van der Waals surface area contributed by atoms with Gasteiger partial charge in [-0.25, -0.2) is 0 Å². The number of hydrogen-bond donors (Lipinski definition) is 3. The molecule has 0 bridgehead atoms. The van der Waals surface area contributed by atoms with Gasteiger partial charge in [-0.05, 0) is 66.5 Å². The van der Waals surface area contributed by atoms with Gasteiger partial charge in [0, 0.05) is 25.6 Å². The van der Waals surface area contributed by atoms with E-state index in [0.29, 0.717) is 6.54 Å². The molecule has 2 amide bonds. The first-order valence-corrected chi connectivity index (χ1v) is 12.1. The molecule has 2 saturated carbocycles. The fourth-order valence-electron chi connectivity index (χ4n) is 6.17. The van der Waals surface area contributed by atoms with E-state index in [1.807, 2.05) is 31.2 Å². The molecule has 0 aliphatic heterocycles. The van der Waals surface area contributed by atoms with Crippen molar-refractivity contribution >= 4 is 11.8 Å². The Morgan fingerprint density at radius 1 is 1.18 bits per heavy atom. The van der Waals surface area contributed by atoms with E-state index in [2.05, 4.69) is 24.5 Å². The average Bonchev–Trinajstić information content (AvgIpc) is 2.79. The van der Waals surface area contributed by atoms with Gasteiger partial charge in [-0.3, -0.25) is 9.59 Å². The minimum absolute atomic E-state index is 0.0123. The summed E-state index contributed by atoms with van der Waals surface area (Å²) in [4.78, 5) is 25.1. The molecular formula is C26H40N2O5. The fourth-order valence-corrected chi connectivity index (χ4v) is 6.17. The van der Waals surface area contributed by atoms with Gasteiger partial charge in [0.2, 0.25) is 11.8 Å². The predicted molar refractivity (Wildman–Crippen MR) is 127 cm³/mol. The lowest BCUT2D eigenvalue weighted by Gasteiger charge is -2.56. The zero-order chi connectivity index (χ0) is 24.2. The third-order valence-electron chi connectivity index (χ3n) is 8.19. The van der Waals surface area contributed by atoms with Crippen LogP contribution in [-0.4, -0.2) is 49.9 Å². The van der Waals surface area contributed by atoms with Crippen molar-refractivity contribution in [3.05, 3.63) is 29.8 Å². The maximum atomic E-state index is 13.0. The van der Waals surface area contributed by atoms with Crippen molar-refractivity contribution in [1.82, 2.24) is 10.6 Å². The highest BCUT2D eigenvalue weighted by Crippen LogP contribution is 2.55. The van der Waals surface area contributed by atoms with Crippen LogP contribution in [0.2, 0.25) is 0 Å². The van der Waals surface area contributed by atoms with Gasteiger partial charge in [0.05, 0.1) is 13.2 Å². The lowest BCUT2D eigenvalue weighted by Crippen LogP contribution is -2.58. The van der Waals surface area contributed by atoms with E-state index in [1.54, 1.807) is 7.11 Å². The molecule has 1 aromatic carbocycles.